The van der Waals surface area contributed by atoms with Gasteiger partial charge in [-0.15, -0.1) is 0 Å². The zero-order valence-electron chi connectivity index (χ0n) is 19.9. The van der Waals surface area contributed by atoms with Gasteiger partial charge in [-0.05, 0) is 42.3 Å². The highest BCUT2D eigenvalue weighted by Gasteiger charge is 2.35. The molecule has 0 radical (unpaired) electrons. The van der Waals surface area contributed by atoms with Crippen molar-refractivity contribution < 1.29 is 14.3 Å². The normalized spacial score (nSPS) is 16.6. The molecule has 9 heteroatoms. The molecule has 1 amide bonds. The van der Waals surface area contributed by atoms with Gasteiger partial charge in [-0.1, -0.05) is 18.2 Å². The number of amides is 1. The van der Waals surface area contributed by atoms with E-state index >= 15 is 0 Å². The van der Waals surface area contributed by atoms with Gasteiger partial charge in [0.05, 0.1) is 31.1 Å². The number of aliphatic hydroxyl groups is 1. The highest BCUT2D eigenvalue weighted by Crippen LogP contribution is 2.41. The van der Waals surface area contributed by atoms with Crippen molar-refractivity contribution in [3.8, 4) is 11.3 Å². The summed E-state index contributed by atoms with van der Waals surface area (Å²) in [4.78, 5) is 29.9. The second-order valence-electron chi connectivity index (χ2n) is 9.09. The van der Waals surface area contributed by atoms with Crippen LogP contribution in [-0.4, -0.2) is 50.1 Å². The lowest BCUT2D eigenvalue weighted by atomic mass is 10.0. The Morgan fingerprint density at radius 3 is 2.75 bits per heavy atom. The van der Waals surface area contributed by atoms with Crippen molar-refractivity contribution >= 4 is 29.0 Å². The molecule has 2 aliphatic rings. The highest BCUT2D eigenvalue weighted by molar-refractivity contribution is 5.76. The number of nitrogens with one attached hydrogen (secondary N) is 1. The molecule has 0 saturated heterocycles. The average molecular weight is 483 g/mol. The molecule has 4 heterocycles. The maximum Gasteiger partial charge on any atom is 0.229 e. The number of carbonyl (C=O) groups excluding carboxylic acids is 1. The van der Waals surface area contributed by atoms with Crippen LogP contribution in [0.1, 0.15) is 23.7 Å². The quantitative estimate of drug-likeness (QED) is 0.442. The molecular formula is C27H26N6O3. The molecule has 2 aromatic carbocycles. The van der Waals surface area contributed by atoms with E-state index in [1.807, 2.05) is 41.3 Å². The Morgan fingerprint density at radius 2 is 2.00 bits per heavy atom. The van der Waals surface area contributed by atoms with Crippen molar-refractivity contribution in [3.05, 3.63) is 77.9 Å². The number of rotatable bonds is 5. The van der Waals surface area contributed by atoms with Crippen molar-refractivity contribution in [2.45, 2.75) is 32.4 Å². The molecule has 6 rings (SSSR count). The van der Waals surface area contributed by atoms with Crippen LogP contribution in [0.2, 0.25) is 0 Å². The lowest BCUT2D eigenvalue weighted by Gasteiger charge is -2.33. The lowest BCUT2D eigenvalue weighted by Crippen LogP contribution is -2.38. The first-order chi connectivity index (χ1) is 17.6. The summed E-state index contributed by atoms with van der Waals surface area (Å²) in [6, 6.07) is 15.8. The first-order valence-corrected chi connectivity index (χ1v) is 12.0. The van der Waals surface area contributed by atoms with Crippen molar-refractivity contribution in [1.29, 1.82) is 0 Å². The van der Waals surface area contributed by atoms with Gasteiger partial charge in [0.2, 0.25) is 11.9 Å². The van der Waals surface area contributed by atoms with Gasteiger partial charge in [-0.25, -0.2) is 9.97 Å². The van der Waals surface area contributed by atoms with E-state index in [-0.39, 0.29) is 18.6 Å². The number of carbonyl (C=O) groups is 1. The van der Waals surface area contributed by atoms with Crippen LogP contribution in [0.25, 0.3) is 11.3 Å². The summed E-state index contributed by atoms with van der Waals surface area (Å²) in [5.41, 5.74) is 5.80. The molecule has 2 aromatic heterocycles. The Balaban J connectivity index is 1.40. The summed E-state index contributed by atoms with van der Waals surface area (Å²) < 4.78 is 5.38. The first-order valence-electron chi connectivity index (χ1n) is 12.0. The minimum absolute atomic E-state index is 0.00423. The number of hydrogen-bond acceptors (Lipinski definition) is 8. The van der Waals surface area contributed by atoms with Gasteiger partial charge in [-0.2, -0.15) is 4.98 Å². The standard InChI is InChI=1S/C27H26N6O3/c1-17(35)32-11-10-23-22(14-32)26(33-21(15-34)12-19-4-2-3-5-24(19)33)31-27(30-23)29-20-8-6-18(7-9-20)25-13-28-16-36-25/h2-9,13,16,21,34H,10-12,14-15H2,1H3,(H,29,30,31)/t21-/m0/s1. The summed E-state index contributed by atoms with van der Waals surface area (Å²) in [7, 11) is 0. The van der Waals surface area contributed by atoms with E-state index in [4.69, 9.17) is 14.4 Å². The molecule has 0 spiro atoms. The van der Waals surface area contributed by atoms with Gasteiger partial charge in [0.15, 0.2) is 12.2 Å². The third-order valence-electron chi connectivity index (χ3n) is 6.85. The third kappa shape index (κ3) is 3.97. The molecule has 2 N–H and O–H groups in total. The van der Waals surface area contributed by atoms with Crippen LogP contribution in [0, 0.1) is 0 Å². The van der Waals surface area contributed by atoms with Gasteiger partial charge in [-0.3, -0.25) is 4.79 Å². The number of para-hydroxylation sites is 1. The Kier molecular flexibility index (Phi) is 5.61. The third-order valence-corrected chi connectivity index (χ3v) is 6.85. The van der Waals surface area contributed by atoms with Gasteiger partial charge in [0, 0.05) is 42.4 Å². The molecule has 0 bridgehead atoms. The SMILES string of the molecule is CC(=O)N1CCc2nc(Nc3ccc(-c4cnco4)cc3)nc(N3c4ccccc4C[C@H]3CO)c2C1. The molecular weight excluding hydrogens is 456 g/mol. The minimum Gasteiger partial charge on any atom is -0.444 e. The van der Waals surface area contributed by atoms with Gasteiger partial charge in [0.1, 0.15) is 5.82 Å². The van der Waals surface area contributed by atoms with Crippen molar-refractivity contribution in [2.24, 2.45) is 0 Å². The van der Waals surface area contributed by atoms with Gasteiger partial charge in [0.25, 0.3) is 0 Å². The van der Waals surface area contributed by atoms with E-state index in [9.17, 15) is 9.90 Å². The van der Waals surface area contributed by atoms with E-state index < -0.39 is 0 Å². The lowest BCUT2D eigenvalue weighted by molar-refractivity contribution is -0.129. The zero-order valence-corrected chi connectivity index (χ0v) is 19.9. The number of hydrogen-bond donors (Lipinski definition) is 2. The van der Waals surface area contributed by atoms with Gasteiger partial charge < -0.3 is 24.6 Å². The molecule has 0 aliphatic carbocycles. The van der Waals surface area contributed by atoms with Crippen LogP contribution in [-0.2, 0) is 24.2 Å². The molecule has 2 aliphatic heterocycles. The predicted octanol–water partition coefficient (Wildman–Crippen LogP) is 3.83. The summed E-state index contributed by atoms with van der Waals surface area (Å²) in [6.07, 6.45) is 4.46. The average Bonchev–Trinajstić information content (AvgIpc) is 3.56. The maximum atomic E-state index is 12.2. The van der Waals surface area contributed by atoms with Crippen LogP contribution in [0.15, 0.2) is 65.5 Å². The second-order valence-corrected chi connectivity index (χ2v) is 9.09. The number of fused-ring (bicyclic) bond motifs is 2. The number of aliphatic hydroxyl groups excluding tert-OH is 1. The van der Waals surface area contributed by atoms with E-state index in [1.165, 1.54) is 12.0 Å². The fourth-order valence-electron chi connectivity index (χ4n) is 5.02. The van der Waals surface area contributed by atoms with E-state index in [0.717, 1.165) is 40.4 Å². The summed E-state index contributed by atoms with van der Waals surface area (Å²) in [5.74, 6) is 1.94. The first kappa shape index (κ1) is 22.2. The van der Waals surface area contributed by atoms with E-state index in [2.05, 4.69) is 27.3 Å². The van der Waals surface area contributed by atoms with Crippen molar-refractivity contribution in [3.63, 3.8) is 0 Å². The number of anilines is 4. The molecule has 0 fully saturated rings. The molecule has 1 atom stereocenters. The largest absolute Gasteiger partial charge is 0.444 e. The zero-order chi connectivity index (χ0) is 24.6. The molecule has 0 unspecified atom stereocenters. The Hall–Kier alpha value is -4.24. The predicted molar refractivity (Wildman–Crippen MR) is 135 cm³/mol. The van der Waals surface area contributed by atoms with Crippen LogP contribution in [0.4, 0.5) is 23.1 Å². The van der Waals surface area contributed by atoms with Crippen LogP contribution < -0.4 is 10.2 Å². The smallest absolute Gasteiger partial charge is 0.229 e. The summed E-state index contributed by atoms with van der Waals surface area (Å²) >= 11 is 0. The van der Waals surface area contributed by atoms with Crippen molar-refractivity contribution in [1.82, 2.24) is 19.9 Å². The molecule has 0 saturated carbocycles. The maximum absolute atomic E-state index is 12.2. The number of aromatic nitrogens is 3. The fourth-order valence-corrected chi connectivity index (χ4v) is 5.02. The van der Waals surface area contributed by atoms with Crippen LogP contribution >= 0.6 is 0 Å². The molecule has 36 heavy (non-hydrogen) atoms. The Labute approximate surface area is 208 Å². The van der Waals surface area contributed by atoms with Gasteiger partial charge >= 0.3 is 0 Å². The van der Waals surface area contributed by atoms with E-state index in [0.29, 0.717) is 31.2 Å². The Morgan fingerprint density at radius 1 is 1.17 bits per heavy atom. The second kappa shape index (κ2) is 9.09. The molecule has 182 valence electrons. The number of benzene rings is 2. The van der Waals surface area contributed by atoms with Crippen LogP contribution in [0.5, 0.6) is 0 Å². The van der Waals surface area contributed by atoms with E-state index in [1.54, 1.807) is 13.1 Å². The number of nitrogens with zero attached hydrogens (tertiary/aromatic N) is 5. The summed E-state index contributed by atoms with van der Waals surface area (Å²) in [5, 5.41) is 13.6. The Bertz CT molecular complexity index is 1400. The van der Waals surface area contributed by atoms with Crippen LogP contribution in [0.3, 0.4) is 0 Å². The minimum atomic E-state index is -0.136. The number of oxazole rings is 1. The topological polar surface area (TPSA) is 108 Å². The highest BCUT2D eigenvalue weighted by atomic mass is 16.3. The van der Waals surface area contributed by atoms with Crippen molar-refractivity contribution in [2.75, 3.05) is 23.4 Å². The summed E-state index contributed by atoms with van der Waals surface area (Å²) in [6.45, 7) is 2.65. The molecule has 9 nitrogen and oxygen atoms in total. The monoisotopic (exact) mass is 482 g/mol. The molecule has 4 aromatic rings. The fraction of sp³-hybridized carbons (Fsp3) is 0.259.